The number of amides is 1. The summed E-state index contributed by atoms with van der Waals surface area (Å²) in [5, 5.41) is 0. The highest BCUT2D eigenvalue weighted by atomic mass is 32.2. The number of hydrogen-bond acceptors (Lipinski definition) is 4. The summed E-state index contributed by atoms with van der Waals surface area (Å²) in [6.07, 6.45) is 4.21. The van der Waals surface area contributed by atoms with Crippen LogP contribution >= 0.6 is 0 Å². The van der Waals surface area contributed by atoms with Crippen LogP contribution in [-0.4, -0.2) is 37.6 Å². The molecular formula is C22H23NO4S. The minimum absolute atomic E-state index is 0.0183. The van der Waals surface area contributed by atoms with E-state index in [-0.39, 0.29) is 33.4 Å². The number of nitrogens with zero attached hydrogens (tertiary/aromatic N) is 1. The molecule has 2 aliphatic rings. The lowest BCUT2D eigenvalue weighted by molar-refractivity contribution is -0.129. The van der Waals surface area contributed by atoms with Gasteiger partial charge in [0.1, 0.15) is 5.78 Å². The van der Waals surface area contributed by atoms with E-state index in [1.165, 1.54) is 12.1 Å². The van der Waals surface area contributed by atoms with Crippen LogP contribution in [0.3, 0.4) is 0 Å². The second-order valence-corrected chi connectivity index (χ2v) is 9.46. The fourth-order valence-electron chi connectivity index (χ4n) is 4.37. The van der Waals surface area contributed by atoms with Crippen LogP contribution < -0.4 is 0 Å². The van der Waals surface area contributed by atoms with Gasteiger partial charge in [0.05, 0.1) is 9.79 Å². The third-order valence-corrected chi connectivity index (χ3v) is 7.65. The van der Waals surface area contributed by atoms with Crippen molar-refractivity contribution in [1.82, 2.24) is 4.90 Å². The number of Topliss-reactive ketones (excluding diaryl/α,β-unsaturated/α-hetero) is 1. The largest absolute Gasteiger partial charge is 0.334 e. The minimum Gasteiger partial charge on any atom is -0.334 e. The Morgan fingerprint density at radius 3 is 2.25 bits per heavy atom. The maximum absolute atomic E-state index is 13.1. The highest BCUT2D eigenvalue weighted by molar-refractivity contribution is 7.91. The van der Waals surface area contributed by atoms with E-state index >= 15 is 0 Å². The van der Waals surface area contributed by atoms with Gasteiger partial charge in [-0.05, 0) is 49.2 Å². The van der Waals surface area contributed by atoms with Crippen LogP contribution in [0.5, 0.6) is 0 Å². The van der Waals surface area contributed by atoms with Gasteiger partial charge >= 0.3 is 0 Å². The van der Waals surface area contributed by atoms with Gasteiger partial charge in [-0.3, -0.25) is 9.59 Å². The van der Waals surface area contributed by atoms with E-state index < -0.39 is 9.84 Å². The molecular weight excluding hydrogens is 374 g/mol. The van der Waals surface area contributed by atoms with E-state index in [0.29, 0.717) is 18.5 Å². The van der Waals surface area contributed by atoms with Crippen molar-refractivity contribution in [3.63, 3.8) is 0 Å². The fourth-order valence-corrected chi connectivity index (χ4v) is 5.65. The molecule has 5 nitrogen and oxygen atoms in total. The number of benzene rings is 2. The summed E-state index contributed by atoms with van der Waals surface area (Å²) in [5.41, 5.74) is 0.464. The quantitative estimate of drug-likeness (QED) is 0.795. The van der Waals surface area contributed by atoms with Gasteiger partial charge in [-0.15, -0.1) is 0 Å². The first-order valence-electron chi connectivity index (χ1n) is 9.72. The minimum atomic E-state index is -3.60. The van der Waals surface area contributed by atoms with Crippen molar-refractivity contribution in [3.8, 4) is 0 Å². The van der Waals surface area contributed by atoms with Crippen molar-refractivity contribution in [1.29, 1.82) is 0 Å². The molecule has 6 heteroatoms. The Bertz CT molecular complexity index is 983. The van der Waals surface area contributed by atoms with Crippen molar-refractivity contribution in [2.75, 3.05) is 6.54 Å². The van der Waals surface area contributed by atoms with Crippen LogP contribution in [0.2, 0.25) is 0 Å². The van der Waals surface area contributed by atoms with Gasteiger partial charge in [-0.2, -0.15) is 0 Å². The number of rotatable bonds is 3. The predicted octanol–water partition coefficient (Wildman–Crippen LogP) is 3.49. The summed E-state index contributed by atoms with van der Waals surface area (Å²) < 4.78 is 25.4. The predicted molar refractivity (Wildman–Crippen MR) is 105 cm³/mol. The molecule has 1 saturated heterocycles. The van der Waals surface area contributed by atoms with Gasteiger partial charge in [0.25, 0.3) is 5.91 Å². The molecule has 28 heavy (non-hydrogen) atoms. The Balaban J connectivity index is 1.57. The Labute approximate surface area is 165 Å². The van der Waals surface area contributed by atoms with Crippen molar-refractivity contribution >= 4 is 21.5 Å². The monoisotopic (exact) mass is 397 g/mol. The molecule has 0 N–H and O–H groups in total. The van der Waals surface area contributed by atoms with E-state index in [1.54, 1.807) is 42.5 Å². The first kappa shape index (κ1) is 18.9. The molecule has 4 rings (SSSR count). The Morgan fingerprint density at radius 1 is 0.893 bits per heavy atom. The summed E-state index contributed by atoms with van der Waals surface area (Å²) >= 11 is 0. The van der Waals surface area contributed by atoms with Crippen LogP contribution in [0.4, 0.5) is 0 Å². The Morgan fingerprint density at radius 2 is 1.54 bits per heavy atom. The summed E-state index contributed by atoms with van der Waals surface area (Å²) in [5.74, 6) is 0.121. The Kier molecular flexibility index (Phi) is 5.06. The standard InChI is InChI=1S/C22H23NO4S/c24-21-14-15-23(20-9-5-4-8-19(20)21)22(25)16-10-12-18(13-11-16)28(26,27)17-6-2-1-3-7-17/h1-3,6-7,10-13,19-20H,4-5,8-9,14-15H2/t19-,20+/m0/s1. The van der Waals surface area contributed by atoms with E-state index in [2.05, 4.69) is 0 Å². The highest BCUT2D eigenvalue weighted by Crippen LogP contribution is 2.34. The highest BCUT2D eigenvalue weighted by Gasteiger charge is 2.40. The first-order chi connectivity index (χ1) is 13.5. The number of likely N-dealkylation sites (tertiary alicyclic amines) is 1. The van der Waals surface area contributed by atoms with Gasteiger partial charge in [0, 0.05) is 30.5 Å². The molecule has 2 atom stereocenters. The van der Waals surface area contributed by atoms with E-state index in [4.69, 9.17) is 0 Å². The van der Waals surface area contributed by atoms with Crippen LogP contribution in [0.15, 0.2) is 64.4 Å². The average Bonchev–Trinajstić information content (AvgIpc) is 2.74. The van der Waals surface area contributed by atoms with Crippen LogP contribution in [0.1, 0.15) is 42.5 Å². The molecule has 1 aliphatic carbocycles. The molecule has 1 amide bonds. The van der Waals surface area contributed by atoms with Gasteiger partial charge in [0.15, 0.2) is 0 Å². The second-order valence-electron chi connectivity index (χ2n) is 7.51. The van der Waals surface area contributed by atoms with Gasteiger partial charge in [0.2, 0.25) is 9.84 Å². The topological polar surface area (TPSA) is 71.5 Å². The molecule has 1 aliphatic heterocycles. The van der Waals surface area contributed by atoms with E-state index in [9.17, 15) is 18.0 Å². The third kappa shape index (κ3) is 3.37. The number of carbonyl (C=O) groups excluding carboxylic acids is 2. The molecule has 0 unspecified atom stereocenters. The molecule has 0 aromatic heterocycles. The lowest BCUT2D eigenvalue weighted by atomic mass is 9.77. The molecule has 2 aromatic carbocycles. The molecule has 1 heterocycles. The summed E-state index contributed by atoms with van der Waals surface area (Å²) in [6, 6.07) is 14.4. The van der Waals surface area contributed by atoms with Crippen molar-refractivity contribution < 1.29 is 18.0 Å². The summed E-state index contributed by atoms with van der Waals surface area (Å²) in [6.45, 7) is 0.447. The summed E-state index contributed by atoms with van der Waals surface area (Å²) in [4.78, 5) is 27.5. The molecule has 146 valence electrons. The zero-order chi connectivity index (χ0) is 19.7. The molecule has 2 aromatic rings. The van der Waals surface area contributed by atoms with Crippen LogP contribution in [0.25, 0.3) is 0 Å². The number of hydrogen-bond donors (Lipinski definition) is 0. The fraction of sp³-hybridized carbons (Fsp3) is 0.364. The number of sulfone groups is 1. The van der Waals surface area contributed by atoms with Crippen LogP contribution in [-0.2, 0) is 14.6 Å². The molecule has 0 radical (unpaired) electrons. The Hall–Kier alpha value is -2.47. The normalized spacial score (nSPS) is 22.6. The van der Waals surface area contributed by atoms with Gasteiger partial charge < -0.3 is 4.90 Å². The average molecular weight is 397 g/mol. The van der Waals surface area contributed by atoms with Gasteiger partial charge in [-0.25, -0.2) is 8.42 Å². The third-order valence-electron chi connectivity index (χ3n) is 5.87. The number of ketones is 1. The van der Waals surface area contributed by atoms with Gasteiger partial charge in [-0.1, -0.05) is 31.0 Å². The summed E-state index contributed by atoms with van der Waals surface area (Å²) in [7, 11) is -3.60. The number of carbonyl (C=O) groups is 2. The molecule has 2 fully saturated rings. The van der Waals surface area contributed by atoms with Crippen molar-refractivity contribution in [2.24, 2.45) is 5.92 Å². The van der Waals surface area contributed by atoms with E-state index in [0.717, 1.165) is 25.7 Å². The van der Waals surface area contributed by atoms with Crippen LogP contribution in [0, 0.1) is 5.92 Å². The second kappa shape index (κ2) is 7.51. The van der Waals surface area contributed by atoms with E-state index in [1.807, 2.05) is 4.90 Å². The smallest absolute Gasteiger partial charge is 0.254 e. The zero-order valence-electron chi connectivity index (χ0n) is 15.6. The molecule has 1 saturated carbocycles. The number of fused-ring (bicyclic) bond motifs is 1. The first-order valence-corrected chi connectivity index (χ1v) is 11.2. The maximum Gasteiger partial charge on any atom is 0.254 e. The SMILES string of the molecule is O=C1CCN(C(=O)c2ccc(S(=O)(=O)c3ccccc3)cc2)[C@@H]2CCCC[C@H]12. The van der Waals surface area contributed by atoms with Crippen molar-refractivity contribution in [2.45, 2.75) is 47.9 Å². The number of piperidine rings is 1. The maximum atomic E-state index is 13.1. The lowest BCUT2D eigenvalue weighted by Gasteiger charge is -2.43. The molecule has 0 spiro atoms. The zero-order valence-corrected chi connectivity index (χ0v) is 16.4. The lowest BCUT2D eigenvalue weighted by Crippen LogP contribution is -2.53. The van der Waals surface area contributed by atoms with Crippen molar-refractivity contribution in [3.05, 3.63) is 60.2 Å². The molecule has 0 bridgehead atoms.